The van der Waals surface area contributed by atoms with Gasteiger partial charge in [0.05, 0.1) is 11.3 Å². The predicted octanol–water partition coefficient (Wildman–Crippen LogP) is 1.18. The van der Waals surface area contributed by atoms with Gasteiger partial charge in [0, 0.05) is 25.4 Å². The van der Waals surface area contributed by atoms with E-state index in [1.54, 1.807) is 12.1 Å². The third-order valence-corrected chi connectivity index (χ3v) is 2.56. The van der Waals surface area contributed by atoms with Crippen LogP contribution in [0.1, 0.15) is 23.7 Å². The van der Waals surface area contributed by atoms with Crippen LogP contribution in [0, 0.1) is 0 Å². The zero-order chi connectivity index (χ0) is 12.8. The Bertz CT molecular complexity index is 393. The van der Waals surface area contributed by atoms with Gasteiger partial charge in [0.1, 0.15) is 0 Å². The zero-order valence-electron chi connectivity index (χ0n) is 9.89. The lowest BCUT2D eigenvalue weighted by Crippen LogP contribution is -2.26. The van der Waals surface area contributed by atoms with Gasteiger partial charge >= 0.3 is 5.97 Å². The lowest BCUT2D eigenvalue weighted by molar-refractivity contribution is 0.0697. The number of nitrogens with two attached hydrogens (primary N) is 1. The summed E-state index contributed by atoms with van der Waals surface area (Å²) in [5, 5.41) is 17.9. The molecule has 0 radical (unpaired) electrons. The van der Waals surface area contributed by atoms with Gasteiger partial charge in [-0.05, 0) is 31.5 Å². The number of nitrogen functional groups attached to an aromatic ring is 1. The Labute approximate surface area is 100 Å². The van der Waals surface area contributed by atoms with Gasteiger partial charge in [0.2, 0.25) is 0 Å². The van der Waals surface area contributed by atoms with Crippen LogP contribution in [0.25, 0.3) is 0 Å². The number of aliphatic hydroxyl groups excluding tert-OH is 1. The van der Waals surface area contributed by atoms with Crippen LogP contribution in [-0.4, -0.2) is 35.9 Å². The van der Waals surface area contributed by atoms with E-state index in [4.69, 9.17) is 15.9 Å². The maximum Gasteiger partial charge on any atom is 0.337 e. The number of carboxylic acids is 1. The van der Waals surface area contributed by atoms with Gasteiger partial charge in [0.25, 0.3) is 0 Å². The van der Waals surface area contributed by atoms with E-state index in [1.165, 1.54) is 6.07 Å². The van der Waals surface area contributed by atoms with Crippen molar-refractivity contribution < 1.29 is 15.0 Å². The van der Waals surface area contributed by atoms with E-state index < -0.39 is 5.97 Å². The average Bonchev–Trinajstić information content (AvgIpc) is 2.29. The minimum atomic E-state index is -0.970. The number of aromatic carboxylic acids is 1. The molecule has 5 heteroatoms. The number of aliphatic hydroxyl groups is 1. The van der Waals surface area contributed by atoms with Crippen LogP contribution in [-0.2, 0) is 0 Å². The van der Waals surface area contributed by atoms with E-state index in [9.17, 15) is 4.79 Å². The van der Waals surface area contributed by atoms with Crippen LogP contribution in [0.2, 0.25) is 0 Å². The summed E-state index contributed by atoms with van der Waals surface area (Å²) >= 11 is 0. The highest BCUT2D eigenvalue weighted by Crippen LogP contribution is 2.23. The Hall–Kier alpha value is -1.75. The Morgan fingerprint density at radius 1 is 1.47 bits per heavy atom. The zero-order valence-corrected chi connectivity index (χ0v) is 9.89. The van der Waals surface area contributed by atoms with Crippen molar-refractivity contribution in [3.63, 3.8) is 0 Å². The third kappa shape index (κ3) is 3.35. The van der Waals surface area contributed by atoms with E-state index in [0.717, 1.165) is 0 Å². The fraction of sp³-hybridized carbons (Fsp3) is 0.417. The molecule has 0 bridgehead atoms. The Balaban J connectivity index is 3.06. The number of nitrogens with zero attached hydrogens (tertiary/aromatic N) is 1. The SMILES string of the molecule is CCN(CCCO)c1cc(N)ccc1C(=O)O. The summed E-state index contributed by atoms with van der Waals surface area (Å²) in [6.07, 6.45) is 0.599. The fourth-order valence-corrected chi connectivity index (χ4v) is 1.70. The summed E-state index contributed by atoms with van der Waals surface area (Å²) < 4.78 is 0. The first-order valence-corrected chi connectivity index (χ1v) is 5.58. The summed E-state index contributed by atoms with van der Waals surface area (Å²) in [6, 6.07) is 4.74. The van der Waals surface area contributed by atoms with Crippen molar-refractivity contribution in [2.75, 3.05) is 30.3 Å². The molecule has 1 aromatic carbocycles. The quantitative estimate of drug-likeness (QED) is 0.648. The number of carboxylic acid groups (broad SMARTS) is 1. The summed E-state index contributed by atoms with van der Waals surface area (Å²) in [4.78, 5) is 13.0. The van der Waals surface area contributed by atoms with Gasteiger partial charge < -0.3 is 20.8 Å². The first kappa shape index (κ1) is 13.3. The first-order valence-electron chi connectivity index (χ1n) is 5.58. The molecular formula is C12H18N2O3. The molecule has 0 fully saturated rings. The second-order valence-electron chi connectivity index (χ2n) is 3.74. The van der Waals surface area contributed by atoms with Crippen LogP contribution in [0.5, 0.6) is 0 Å². The monoisotopic (exact) mass is 238 g/mol. The van der Waals surface area contributed by atoms with Gasteiger partial charge in [-0.1, -0.05) is 0 Å². The molecule has 94 valence electrons. The Kier molecular flexibility index (Phi) is 4.78. The van der Waals surface area contributed by atoms with E-state index in [-0.39, 0.29) is 12.2 Å². The molecule has 1 aromatic rings. The molecule has 0 atom stereocenters. The van der Waals surface area contributed by atoms with Crippen molar-refractivity contribution in [2.45, 2.75) is 13.3 Å². The van der Waals surface area contributed by atoms with Crippen molar-refractivity contribution >= 4 is 17.3 Å². The molecule has 0 spiro atoms. The third-order valence-electron chi connectivity index (χ3n) is 2.56. The number of carbonyl (C=O) groups is 1. The number of benzene rings is 1. The molecule has 4 N–H and O–H groups in total. The maximum atomic E-state index is 11.1. The second kappa shape index (κ2) is 6.10. The summed E-state index contributed by atoms with van der Waals surface area (Å²) in [6.45, 7) is 3.30. The van der Waals surface area contributed by atoms with Crippen LogP contribution < -0.4 is 10.6 Å². The molecule has 0 saturated heterocycles. The molecule has 0 heterocycles. The minimum Gasteiger partial charge on any atom is -0.478 e. The Morgan fingerprint density at radius 3 is 2.71 bits per heavy atom. The lowest BCUT2D eigenvalue weighted by atomic mass is 10.1. The highest BCUT2D eigenvalue weighted by Gasteiger charge is 2.14. The van der Waals surface area contributed by atoms with Gasteiger partial charge in [-0.3, -0.25) is 0 Å². The van der Waals surface area contributed by atoms with Crippen LogP contribution >= 0.6 is 0 Å². The molecule has 17 heavy (non-hydrogen) atoms. The van der Waals surface area contributed by atoms with Crippen molar-refractivity contribution in [1.82, 2.24) is 0 Å². The summed E-state index contributed by atoms with van der Waals surface area (Å²) in [5.41, 5.74) is 7.05. The number of anilines is 2. The predicted molar refractivity (Wildman–Crippen MR) is 67.4 cm³/mol. The minimum absolute atomic E-state index is 0.0845. The first-order chi connectivity index (χ1) is 8.10. The highest BCUT2D eigenvalue weighted by molar-refractivity contribution is 5.95. The summed E-state index contributed by atoms with van der Waals surface area (Å²) in [5.74, 6) is -0.970. The van der Waals surface area contributed by atoms with Crippen molar-refractivity contribution in [2.24, 2.45) is 0 Å². The molecule has 0 aliphatic rings. The van der Waals surface area contributed by atoms with Gasteiger partial charge in [-0.25, -0.2) is 4.79 Å². The van der Waals surface area contributed by atoms with Gasteiger partial charge in [-0.2, -0.15) is 0 Å². The molecule has 0 unspecified atom stereocenters. The molecule has 0 aliphatic heterocycles. The van der Waals surface area contributed by atoms with Crippen molar-refractivity contribution in [3.05, 3.63) is 23.8 Å². The smallest absolute Gasteiger partial charge is 0.337 e. The van der Waals surface area contributed by atoms with Gasteiger partial charge in [-0.15, -0.1) is 0 Å². The number of hydrogen-bond acceptors (Lipinski definition) is 4. The van der Waals surface area contributed by atoms with Crippen molar-refractivity contribution in [1.29, 1.82) is 0 Å². The lowest BCUT2D eigenvalue weighted by Gasteiger charge is -2.24. The molecule has 1 rings (SSSR count). The molecule has 0 amide bonds. The molecule has 5 nitrogen and oxygen atoms in total. The molecule has 0 aliphatic carbocycles. The number of rotatable bonds is 6. The molecule has 0 aromatic heterocycles. The van der Waals surface area contributed by atoms with Crippen LogP contribution in [0.15, 0.2) is 18.2 Å². The normalized spacial score (nSPS) is 10.2. The maximum absolute atomic E-state index is 11.1. The summed E-state index contributed by atoms with van der Waals surface area (Å²) in [7, 11) is 0. The van der Waals surface area contributed by atoms with E-state index >= 15 is 0 Å². The fourth-order valence-electron chi connectivity index (χ4n) is 1.70. The molecular weight excluding hydrogens is 220 g/mol. The van der Waals surface area contributed by atoms with Crippen LogP contribution in [0.4, 0.5) is 11.4 Å². The Morgan fingerprint density at radius 2 is 2.18 bits per heavy atom. The van der Waals surface area contributed by atoms with E-state index in [0.29, 0.717) is 30.9 Å². The van der Waals surface area contributed by atoms with Crippen LogP contribution in [0.3, 0.4) is 0 Å². The van der Waals surface area contributed by atoms with Crippen molar-refractivity contribution in [3.8, 4) is 0 Å². The molecule has 0 saturated carbocycles. The standard InChI is InChI=1S/C12H18N2O3/c1-2-14(6-3-7-15)11-8-9(13)4-5-10(11)12(16)17/h4-5,8,15H,2-3,6-7,13H2,1H3,(H,16,17). The van der Waals surface area contributed by atoms with E-state index in [1.807, 2.05) is 11.8 Å². The largest absolute Gasteiger partial charge is 0.478 e. The number of hydrogen-bond donors (Lipinski definition) is 3. The second-order valence-corrected chi connectivity index (χ2v) is 3.74. The van der Waals surface area contributed by atoms with E-state index in [2.05, 4.69) is 0 Å². The highest BCUT2D eigenvalue weighted by atomic mass is 16.4. The topological polar surface area (TPSA) is 86.8 Å². The van der Waals surface area contributed by atoms with Gasteiger partial charge in [0.15, 0.2) is 0 Å². The average molecular weight is 238 g/mol.